The van der Waals surface area contributed by atoms with Gasteiger partial charge >= 0.3 is 0 Å². The van der Waals surface area contributed by atoms with E-state index in [0.29, 0.717) is 22.8 Å². The van der Waals surface area contributed by atoms with Crippen molar-refractivity contribution in [3.8, 4) is 11.5 Å². The summed E-state index contributed by atoms with van der Waals surface area (Å²) in [6, 6.07) is 5.27. The van der Waals surface area contributed by atoms with Crippen molar-refractivity contribution in [1.29, 1.82) is 0 Å². The number of nitrogens with zero attached hydrogens (tertiary/aromatic N) is 4. The molecule has 1 aliphatic rings. The summed E-state index contributed by atoms with van der Waals surface area (Å²) in [5.74, 6) is 1.29. The van der Waals surface area contributed by atoms with Crippen molar-refractivity contribution in [3.63, 3.8) is 0 Å². The molecule has 0 radical (unpaired) electrons. The van der Waals surface area contributed by atoms with Crippen LogP contribution in [0.2, 0.25) is 0 Å². The Bertz CT molecular complexity index is 1040. The largest absolute Gasteiger partial charge is 0.497 e. The van der Waals surface area contributed by atoms with Crippen LogP contribution in [0.3, 0.4) is 0 Å². The lowest BCUT2D eigenvalue weighted by Gasteiger charge is -2.25. The molecule has 4 rings (SSSR count). The van der Waals surface area contributed by atoms with Crippen molar-refractivity contribution in [2.24, 2.45) is 0 Å². The number of methoxy groups -OCH3 is 2. The van der Waals surface area contributed by atoms with Crippen molar-refractivity contribution in [1.82, 2.24) is 15.0 Å². The summed E-state index contributed by atoms with van der Waals surface area (Å²) in [7, 11) is 3.14. The molecular weight excluding hydrogens is 422 g/mol. The molecule has 3 aromatic rings. The number of thioether (sulfide) groups is 1. The van der Waals surface area contributed by atoms with Crippen molar-refractivity contribution >= 4 is 50.2 Å². The van der Waals surface area contributed by atoms with Gasteiger partial charge in [-0.05, 0) is 31.4 Å². The lowest BCUT2D eigenvalue weighted by Crippen LogP contribution is -2.29. The summed E-state index contributed by atoms with van der Waals surface area (Å²) in [4.78, 5) is 28.2. The Balaban J connectivity index is 1.44. The van der Waals surface area contributed by atoms with Gasteiger partial charge in [-0.3, -0.25) is 4.79 Å². The van der Waals surface area contributed by atoms with Gasteiger partial charge in [-0.15, -0.1) is 0 Å². The summed E-state index contributed by atoms with van der Waals surface area (Å²) in [6.07, 6.45) is 5.17. The van der Waals surface area contributed by atoms with Crippen molar-refractivity contribution in [2.45, 2.75) is 24.3 Å². The zero-order valence-electron chi connectivity index (χ0n) is 16.9. The summed E-state index contributed by atoms with van der Waals surface area (Å²) < 4.78 is 11.5. The molecule has 1 N–H and O–H groups in total. The first-order valence-corrected chi connectivity index (χ1v) is 11.5. The maximum Gasteiger partial charge on any atom is 0.234 e. The number of aromatic nitrogens is 3. The van der Waals surface area contributed by atoms with E-state index in [1.807, 2.05) is 0 Å². The highest BCUT2D eigenvalue weighted by Gasteiger charge is 2.18. The summed E-state index contributed by atoms with van der Waals surface area (Å²) in [6.45, 7) is 2.06. The molecule has 0 unspecified atom stereocenters. The first-order chi connectivity index (χ1) is 14.7. The van der Waals surface area contributed by atoms with Crippen LogP contribution in [0, 0.1) is 0 Å². The van der Waals surface area contributed by atoms with Crippen molar-refractivity contribution in [2.75, 3.05) is 43.3 Å². The third kappa shape index (κ3) is 4.59. The molecule has 0 atom stereocenters. The molecule has 0 saturated carbocycles. The molecule has 1 amide bonds. The second-order valence-electron chi connectivity index (χ2n) is 6.78. The molecule has 2 aromatic heterocycles. The number of rotatable bonds is 7. The Hall–Kier alpha value is -2.59. The average Bonchev–Trinajstić information content (AvgIpc) is 3.23. The standard InChI is InChI=1S/C20H23N5O3S2/c1-27-13-6-7-14(15(10-13)28-2)23-16(26)11-29-19-17-18(21-12-22-19)24-20(30-17)25-8-4-3-5-9-25/h6-7,10,12H,3-5,8-9,11H2,1-2H3,(H,23,26). The van der Waals surface area contributed by atoms with Gasteiger partial charge in [-0.25, -0.2) is 9.97 Å². The SMILES string of the molecule is COc1ccc(NC(=O)CSc2ncnc3nc(N4CCCCC4)sc23)c(OC)c1. The third-order valence-electron chi connectivity index (χ3n) is 4.80. The quantitative estimate of drug-likeness (QED) is 0.434. The Morgan fingerprint density at radius 1 is 1.20 bits per heavy atom. The number of anilines is 2. The number of hydrogen-bond donors (Lipinski definition) is 1. The smallest absolute Gasteiger partial charge is 0.234 e. The molecule has 1 fully saturated rings. The van der Waals surface area contributed by atoms with E-state index < -0.39 is 0 Å². The minimum Gasteiger partial charge on any atom is -0.497 e. The highest BCUT2D eigenvalue weighted by molar-refractivity contribution is 8.00. The van der Waals surface area contributed by atoms with Crippen LogP contribution in [-0.2, 0) is 4.79 Å². The zero-order chi connectivity index (χ0) is 20.9. The number of piperidine rings is 1. The van der Waals surface area contributed by atoms with E-state index in [-0.39, 0.29) is 11.7 Å². The van der Waals surface area contributed by atoms with E-state index in [1.165, 1.54) is 37.4 Å². The van der Waals surface area contributed by atoms with Gasteiger partial charge in [0, 0.05) is 19.2 Å². The van der Waals surface area contributed by atoms with E-state index in [4.69, 9.17) is 9.47 Å². The fourth-order valence-corrected chi connectivity index (χ4v) is 5.21. The lowest BCUT2D eigenvalue weighted by atomic mass is 10.1. The summed E-state index contributed by atoms with van der Waals surface area (Å²) in [5, 5.41) is 4.64. The first kappa shape index (κ1) is 20.7. The van der Waals surface area contributed by atoms with Crippen LogP contribution in [0.4, 0.5) is 10.8 Å². The average molecular weight is 446 g/mol. The predicted molar refractivity (Wildman–Crippen MR) is 120 cm³/mol. The lowest BCUT2D eigenvalue weighted by molar-refractivity contribution is -0.113. The highest BCUT2D eigenvalue weighted by atomic mass is 32.2. The topological polar surface area (TPSA) is 89.5 Å². The number of carbonyl (C=O) groups excluding carboxylic acids is 1. The van der Waals surface area contributed by atoms with E-state index in [2.05, 4.69) is 25.2 Å². The molecule has 0 bridgehead atoms. The molecule has 0 aliphatic carbocycles. The number of fused-ring (bicyclic) bond motifs is 1. The fraction of sp³-hybridized carbons (Fsp3) is 0.400. The Kier molecular flexibility index (Phi) is 6.53. The van der Waals surface area contributed by atoms with Crippen LogP contribution >= 0.6 is 23.1 Å². The van der Waals surface area contributed by atoms with Crippen LogP contribution in [-0.4, -0.2) is 53.9 Å². The molecule has 10 heteroatoms. The van der Waals surface area contributed by atoms with Crippen LogP contribution in [0.1, 0.15) is 19.3 Å². The minimum absolute atomic E-state index is 0.143. The van der Waals surface area contributed by atoms with Gasteiger partial charge < -0.3 is 19.7 Å². The van der Waals surface area contributed by atoms with Crippen LogP contribution < -0.4 is 19.7 Å². The molecule has 3 heterocycles. The Labute approximate surface area is 183 Å². The van der Waals surface area contributed by atoms with E-state index in [0.717, 1.165) is 27.9 Å². The molecule has 30 heavy (non-hydrogen) atoms. The van der Waals surface area contributed by atoms with Crippen molar-refractivity contribution in [3.05, 3.63) is 24.5 Å². The van der Waals surface area contributed by atoms with Gasteiger partial charge in [-0.2, -0.15) is 4.98 Å². The number of nitrogens with one attached hydrogen (secondary N) is 1. The number of amides is 1. The van der Waals surface area contributed by atoms with Gasteiger partial charge in [0.1, 0.15) is 27.6 Å². The van der Waals surface area contributed by atoms with Crippen LogP contribution in [0.15, 0.2) is 29.6 Å². The molecule has 0 spiro atoms. The van der Waals surface area contributed by atoms with Gasteiger partial charge in [0.15, 0.2) is 10.8 Å². The van der Waals surface area contributed by atoms with Gasteiger partial charge in [0.2, 0.25) is 5.91 Å². The maximum absolute atomic E-state index is 12.5. The minimum atomic E-state index is -0.143. The second-order valence-corrected chi connectivity index (χ2v) is 8.72. The highest BCUT2D eigenvalue weighted by Crippen LogP contribution is 2.35. The van der Waals surface area contributed by atoms with E-state index in [1.54, 1.807) is 43.8 Å². The fourth-order valence-electron chi connectivity index (χ4n) is 3.27. The molecule has 1 aliphatic heterocycles. The molecule has 1 aromatic carbocycles. The van der Waals surface area contributed by atoms with Gasteiger partial charge in [0.25, 0.3) is 0 Å². The molecule has 8 nitrogen and oxygen atoms in total. The monoisotopic (exact) mass is 445 g/mol. The van der Waals surface area contributed by atoms with Crippen LogP contribution in [0.25, 0.3) is 10.3 Å². The summed E-state index contributed by atoms with van der Waals surface area (Å²) >= 11 is 2.98. The second kappa shape index (κ2) is 9.48. The van der Waals surface area contributed by atoms with E-state index in [9.17, 15) is 4.79 Å². The zero-order valence-corrected chi connectivity index (χ0v) is 18.5. The predicted octanol–water partition coefficient (Wildman–Crippen LogP) is 3.82. The Morgan fingerprint density at radius 3 is 2.80 bits per heavy atom. The number of thiazole rings is 1. The van der Waals surface area contributed by atoms with Crippen molar-refractivity contribution < 1.29 is 14.3 Å². The first-order valence-electron chi connectivity index (χ1n) is 9.69. The van der Waals surface area contributed by atoms with Gasteiger partial charge in [-0.1, -0.05) is 23.1 Å². The van der Waals surface area contributed by atoms with Gasteiger partial charge in [0.05, 0.1) is 25.7 Å². The molecule has 1 saturated heterocycles. The third-order valence-corrected chi connectivity index (χ3v) is 7.03. The molecule has 158 valence electrons. The number of ether oxygens (including phenoxy) is 2. The number of hydrogen-bond acceptors (Lipinski definition) is 9. The number of carbonyl (C=O) groups is 1. The summed E-state index contributed by atoms with van der Waals surface area (Å²) in [5.41, 5.74) is 1.29. The molecular formula is C20H23N5O3S2. The van der Waals surface area contributed by atoms with Crippen LogP contribution in [0.5, 0.6) is 11.5 Å². The number of benzene rings is 1. The Morgan fingerprint density at radius 2 is 2.03 bits per heavy atom. The maximum atomic E-state index is 12.5. The normalized spacial score (nSPS) is 14.0. The van der Waals surface area contributed by atoms with E-state index >= 15 is 0 Å².